The second-order valence-electron chi connectivity index (χ2n) is 4.23. The molecule has 0 amide bonds. The van der Waals surface area contributed by atoms with E-state index in [1.54, 1.807) is 13.3 Å². The van der Waals surface area contributed by atoms with Gasteiger partial charge in [0.05, 0.1) is 7.11 Å². The first-order chi connectivity index (χ1) is 7.06. The molecule has 0 saturated heterocycles. The van der Waals surface area contributed by atoms with Gasteiger partial charge in [0.25, 0.3) is 0 Å². The summed E-state index contributed by atoms with van der Waals surface area (Å²) < 4.78 is 5.35. The zero-order valence-electron chi connectivity index (χ0n) is 10.2. The first-order valence-corrected chi connectivity index (χ1v) is 5.35. The third kappa shape index (κ3) is 2.85. The van der Waals surface area contributed by atoms with Crippen molar-refractivity contribution >= 4 is 5.82 Å². The highest BCUT2D eigenvalue weighted by molar-refractivity contribution is 5.53. The maximum absolute atomic E-state index is 5.35. The van der Waals surface area contributed by atoms with Crippen LogP contribution in [-0.4, -0.2) is 18.1 Å². The minimum atomic E-state index is 0.377. The Bertz CT molecular complexity index is 321. The van der Waals surface area contributed by atoms with E-state index in [1.807, 2.05) is 6.07 Å². The van der Waals surface area contributed by atoms with Gasteiger partial charge in [0.2, 0.25) is 0 Å². The molecule has 0 spiro atoms. The van der Waals surface area contributed by atoms with Crippen molar-refractivity contribution in [3.63, 3.8) is 0 Å². The molecule has 0 aliphatic carbocycles. The summed E-state index contributed by atoms with van der Waals surface area (Å²) in [4.78, 5) is 4.36. The number of aromatic nitrogens is 1. The lowest BCUT2D eigenvalue weighted by molar-refractivity contribution is 0.407. The summed E-state index contributed by atoms with van der Waals surface area (Å²) in [5.74, 6) is 2.23. The molecule has 0 fully saturated rings. The first kappa shape index (κ1) is 11.8. The predicted molar refractivity (Wildman–Crippen MR) is 63.6 cm³/mol. The van der Waals surface area contributed by atoms with E-state index in [0.29, 0.717) is 12.0 Å². The molecule has 0 aliphatic rings. The molecule has 0 aromatic carbocycles. The lowest BCUT2D eigenvalue weighted by Crippen LogP contribution is -2.14. The Balaban J connectivity index is 3.13. The lowest BCUT2D eigenvalue weighted by Gasteiger charge is -2.18. The molecule has 0 saturated carbocycles. The number of nitrogens with zero attached hydrogens (tertiary/aromatic N) is 1. The Kier molecular flexibility index (Phi) is 3.95. The van der Waals surface area contributed by atoms with Gasteiger partial charge >= 0.3 is 0 Å². The van der Waals surface area contributed by atoms with Crippen molar-refractivity contribution in [2.75, 3.05) is 12.4 Å². The Hall–Kier alpha value is -1.25. The molecule has 3 heteroatoms. The normalized spacial score (nSPS) is 10.9. The zero-order valence-corrected chi connectivity index (χ0v) is 10.2. The quantitative estimate of drug-likeness (QED) is 0.825. The standard InChI is InChI=1S/C12H20N2O/c1-8(2)11-10(15-5)6-7-13-12(11)14-9(3)4/h6-9H,1-5H3,(H,13,14). The largest absolute Gasteiger partial charge is 0.496 e. The molecule has 1 aromatic rings. The van der Waals surface area contributed by atoms with Gasteiger partial charge in [0, 0.05) is 17.8 Å². The first-order valence-electron chi connectivity index (χ1n) is 5.35. The van der Waals surface area contributed by atoms with Crippen LogP contribution in [0, 0.1) is 0 Å². The molecule has 84 valence electrons. The van der Waals surface area contributed by atoms with Crippen molar-refractivity contribution in [1.82, 2.24) is 4.98 Å². The Labute approximate surface area is 91.9 Å². The van der Waals surface area contributed by atoms with Crippen LogP contribution in [-0.2, 0) is 0 Å². The predicted octanol–water partition coefficient (Wildman–Crippen LogP) is 3.03. The van der Waals surface area contributed by atoms with Crippen molar-refractivity contribution in [1.29, 1.82) is 0 Å². The molecule has 15 heavy (non-hydrogen) atoms. The van der Waals surface area contributed by atoms with Gasteiger partial charge in [-0.15, -0.1) is 0 Å². The summed E-state index contributed by atoms with van der Waals surface area (Å²) in [5.41, 5.74) is 1.15. The fraction of sp³-hybridized carbons (Fsp3) is 0.583. The van der Waals surface area contributed by atoms with Crippen molar-refractivity contribution in [3.05, 3.63) is 17.8 Å². The fourth-order valence-electron chi connectivity index (χ4n) is 1.58. The monoisotopic (exact) mass is 208 g/mol. The van der Waals surface area contributed by atoms with E-state index >= 15 is 0 Å². The van der Waals surface area contributed by atoms with Crippen molar-refractivity contribution in [2.45, 2.75) is 39.7 Å². The van der Waals surface area contributed by atoms with Crippen LogP contribution in [0.1, 0.15) is 39.2 Å². The second-order valence-corrected chi connectivity index (χ2v) is 4.23. The molecule has 3 nitrogen and oxygen atoms in total. The van der Waals surface area contributed by atoms with Crippen LogP contribution in [0.3, 0.4) is 0 Å². The average Bonchev–Trinajstić information content (AvgIpc) is 2.15. The van der Waals surface area contributed by atoms with Gasteiger partial charge in [-0.1, -0.05) is 13.8 Å². The highest BCUT2D eigenvalue weighted by Gasteiger charge is 2.14. The van der Waals surface area contributed by atoms with Crippen LogP contribution in [0.2, 0.25) is 0 Å². The Morgan fingerprint density at radius 2 is 1.93 bits per heavy atom. The number of nitrogens with one attached hydrogen (secondary N) is 1. The van der Waals surface area contributed by atoms with Gasteiger partial charge in [0.1, 0.15) is 11.6 Å². The summed E-state index contributed by atoms with van der Waals surface area (Å²) in [6.45, 7) is 8.49. The molecule has 1 N–H and O–H groups in total. The summed E-state index contributed by atoms with van der Waals surface area (Å²) in [5, 5.41) is 3.34. The maximum atomic E-state index is 5.35. The molecule has 1 aromatic heterocycles. The molecule has 0 radical (unpaired) electrons. The number of rotatable bonds is 4. The van der Waals surface area contributed by atoms with Crippen LogP contribution in [0.25, 0.3) is 0 Å². The molecular weight excluding hydrogens is 188 g/mol. The van der Waals surface area contributed by atoms with E-state index in [9.17, 15) is 0 Å². The zero-order chi connectivity index (χ0) is 11.4. The van der Waals surface area contributed by atoms with Gasteiger partial charge in [-0.2, -0.15) is 0 Å². The molecular formula is C12H20N2O. The molecule has 1 heterocycles. The minimum Gasteiger partial charge on any atom is -0.496 e. The van der Waals surface area contributed by atoms with Crippen molar-refractivity contribution < 1.29 is 4.74 Å². The number of hydrogen-bond donors (Lipinski definition) is 1. The van der Waals surface area contributed by atoms with E-state index < -0.39 is 0 Å². The summed E-state index contributed by atoms with van der Waals surface area (Å²) in [6, 6.07) is 2.28. The number of ether oxygens (including phenoxy) is 1. The smallest absolute Gasteiger partial charge is 0.133 e. The van der Waals surface area contributed by atoms with Gasteiger partial charge in [-0.05, 0) is 25.8 Å². The van der Waals surface area contributed by atoms with Gasteiger partial charge < -0.3 is 10.1 Å². The van der Waals surface area contributed by atoms with Crippen LogP contribution >= 0.6 is 0 Å². The molecule has 0 unspecified atom stereocenters. The molecule has 1 rings (SSSR count). The number of hydrogen-bond acceptors (Lipinski definition) is 3. The van der Waals surface area contributed by atoms with Crippen LogP contribution in [0.5, 0.6) is 5.75 Å². The molecule has 0 atom stereocenters. The number of pyridine rings is 1. The van der Waals surface area contributed by atoms with E-state index in [2.05, 4.69) is 38.0 Å². The van der Waals surface area contributed by atoms with Crippen molar-refractivity contribution in [2.24, 2.45) is 0 Å². The van der Waals surface area contributed by atoms with Gasteiger partial charge in [0.15, 0.2) is 0 Å². The van der Waals surface area contributed by atoms with Crippen LogP contribution in [0.4, 0.5) is 5.82 Å². The second kappa shape index (κ2) is 5.01. The highest BCUT2D eigenvalue weighted by Crippen LogP contribution is 2.31. The third-order valence-electron chi connectivity index (χ3n) is 2.17. The summed E-state index contributed by atoms with van der Waals surface area (Å²) in [7, 11) is 1.69. The van der Waals surface area contributed by atoms with Crippen LogP contribution < -0.4 is 10.1 Å². The average molecular weight is 208 g/mol. The minimum absolute atomic E-state index is 0.377. The molecule has 0 bridgehead atoms. The fourth-order valence-corrected chi connectivity index (χ4v) is 1.58. The molecule has 0 aliphatic heterocycles. The SMILES string of the molecule is COc1ccnc(NC(C)C)c1C(C)C. The van der Waals surface area contributed by atoms with Crippen LogP contribution in [0.15, 0.2) is 12.3 Å². The summed E-state index contributed by atoms with van der Waals surface area (Å²) >= 11 is 0. The summed E-state index contributed by atoms with van der Waals surface area (Å²) in [6.07, 6.45) is 1.77. The number of anilines is 1. The lowest BCUT2D eigenvalue weighted by atomic mass is 10.0. The maximum Gasteiger partial charge on any atom is 0.133 e. The Morgan fingerprint density at radius 1 is 1.27 bits per heavy atom. The van der Waals surface area contributed by atoms with Gasteiger partial charge in [-0.25, -0.2) is 4.98 Å². The third-order valence-corrected chi connectivity index (χ3v) is 2.17. The van der Waals surface area contributed by atoms with E-state index in [0.717, 1.165) is 17.1 Å². The highest BCUT2D eigenvalue weighted by atomic mass is 16.5. The number of methoxy groups -OCH3 is 1. The topological polar surface area (TPSA) is 34.1 Å². The van der Waals surface area contributed by atoms with Gasteiger partial charge in [-0.3, -0.25) is 0 Å². The van der Waals surface area contributed by atoms with Crippen molar-refractivity contribution in [3.8, 4) is 5.75 Å². The van der Waals surface area contributed by atoms with E-state index in [-0.39, 0.29) is 0 Å². The Morgan fingerprint density at radius 3 is 2.40 bits per heavy atom. The van der Waals surface area contributed by atoms with E-state index in [4.69, 9.17) is 4.74 Å². The van der Waals surface area contributed by atoms with E-state index in [1.165, 1.54) is 0 Å².